The molecule has 0 aromatic heterocycles. The van der Waals surface area contributed by atoms with Gasteiger partial charge in [0.05, 0.1) is 14.7 Å². The smallest absolute Gasteiger partial charge is 0.105 e. The Balaban J connectivity index is 2.37. The van der Waals surface area contributed by atoms with Crippen molar-refractivity contribution >= 4 is 8.07 Å². The largest absolute Gasteiger partial charge is 0.369 e. The molecule has 1 atom stereocenters. The van der Waals surface area contributed by atoms with Gasteiger partial charge < -0.3 is 4.74 Å². The van der Waals surface area contributed by atoms with E-state index in [1.165, 1.54) is 5.56 Å². The lowest BCUT2D eigenvalue weighted by atomic mass is 10.2. The first-order valence-corrected chi connectivity index (χ1v) is 8.26. The minimum atomic E-state index is -1.24. The first-order valence-electron chi connectivity index (χ1n) is 4.76. The Hall–Kier alpha value is -0.603. The number of ether oxygens (including phenoxy) is 1. The van der Waals surface area contributed by atoms with Crippen molar-refractivity contribution in [3.63, 3.8) is 0 Å². The van der Waals surface area contributed by atoms with Crippen molar-refractivity contribution in [2.24, 2.45) is 0 Å². The molecule has 2 rings (SSSR count). The van der Waals surface area contributed by atoms with Crippen molar-refractivity contribution in [2.75, 3.05) is 6.61 Å². The second-order valence-electron chi connectivity index (χ2n) is 4.73. The van der Waals surface area contributed by atoms with Crippen LogP contribution < -0.4 is 0 Å². The Morgan fingerprint density at radius 1 is 1.15 bits per heavy atom. The van der Waals surface area contributed by atoms with Crippen LogP contribution in [0.1, 0.15) is 5.56 Å². The number of hydrogen-bond donors (Lipinski definition) is 0. The van der Waals surface area contributed by atoms with E-state index in [2.05, 4.69) is 50.0 Å². The Bertz CT molecular complexity index is 296. The second-order valence-corrected chi connectivity index (χ2v) is 10.0. The van der Waals surface area contributed by atoms with Crippen molar-refractivity contribution < 1.29 is 4.74 Å². The van der Waals surface area contributed by atoms with Crippen LogP contribution in [-0.4, -0.2) is 14.7 Å². The molecule has 1 unspecified atom stereocenters. The summed E-state index contributed by atoms with van der Waals surface area (Å²) >= 11 is 0. The summed E-state index contributed by atoms with van der Waals surface area (Å²) in [5, 5.41) is 0.119. The van der Waals surface area contributed by atoms with Crippen LogP contribution in [0.15, 0.2) is 30.3 Å². The average Bonchev–Trinajstić information content (AvgIpc) is 2.84. The standard InChI is InChI=1S/C11H16OSi/c1-13(2,3)11(9-12-11)10-7-5-4-6-8-10/h4-8H,9H2,1-3H3. The van der Waals surface area contributed by atoms with Crippen LogP contribution in [-0.2, 0) is 9.96 Å². The van der Waals surface area contributed by atoms with Crippen LogP contribution in [0.25, 0.3) is 0 Å². The number of benzene rings is 1. The molecule has 1 aromatic carbocycles. The first kappa shape index (κ1) is 8.97. The zero-order chi connectivity index (χ0) is 9.53. The van der Waals surface area contributed by atoms with Crippen LogP contribution in [0.4, 0.5) is 0 Å². The van der Waals surface area contributed by atoms with Gasteiger partial charge in [0, 0.05) is 0 Å². The summed E-state index contributed by atoms with van der Waals surface area (Å²) in [5.74, 6) is 0. The highest BCUT2D eigenvalue weighted by atomic mass is 28.3. The van der Waals surface area contributed by atoms with Gasteiger partial charge in [0.1, 0.15) is 5.22 Å². The molecule has 1 aliphatic rings. The molecule has 0 aliphatic carbocycles. The predicted octanol–water partition coefficient (Wildman–Crippen LogP) is 2.79. The van der Waals surface area contributed by atoms with Crippen molar-refractivity contribution in [3.8, 4) is 0 Å². The molecule has 0 radical (unpaired) electrons. The lowest BCUT2D eigenvalue weighted by Gasteiger charge is -2.25. The molecule has 1 nitrogen and oxygen atoms in total. The SMILES string of the molecule is C[Si](C)(C)C1(c2ccccc2)CO1. The summed E-state index contributed by atoms with van der Waals surface area (Å²) in [6.07, 6.45) is 0. The molecule has 0 amide bonds. The van der Waals surface area contributed by atoms with Gasteiger partial charge in [0.2, 0.25) is 0 Å². The fraction of sp³-hybridized carbons (Fsp3) is 0.455. The molecule has 1 fully saturated rings. The van der Waals surface area contributed by atoms with E-state index in [0.717, 1.165) is 6.61 Å². The predicted molar refractivity (Wildman–Crippen MR) is 57.4 cm³/mol. The van der Waals surface area contributed by atoms with Crippen molar-refractivity contribution in [2.45, 2.75) is 24.9 Å². The van der Waals surface area contributed by atoms with Gasteiger partial charge in [0.25, 0.3) is 0 Å². The molecule has 0 spiro atoms. The van der Waals surface area contributed by atoms with Gasteiger partial charge >= 0.3 is 0 Å². The molecule has 70 valence electrons. The van der Waals surface area contributed by atoms with Crippen molar-refractivity contribution in [1.29, 1.82) is 0 Å². The monoisotopic (exact) mass is 192 g/mol. The van der Waals surface area contributed by atoms with Gasteiger partial charge in [-0.3, -0.25) is 0 Å². The van der Waals surface area contributed by atoms with Crippen LogP contribution in [0.3, 0.4) is 0 Å². The summed E-state index contributed by atoms with van der Waals surface area (Å²) in [5.41, 5.74) is 1.37. The molecular weight excluding hydrogens is 176 g/mol. The van der Waals surface area contributed by atoms with Crippen LogP contribution in [0, 0.1) is 0 Å². The molecule has 0 N–H and O–H groups in total. The fourth-order valence-electron chi connectivity index (χ4n) is 1.81. The van der Waals surface area contributed by atoms with E-state index in [9.17, 15) is 0 Å². The molecule has 1 aliphatic heterocycles. The van der Waals surface area contributed by atoms with Gasteiger partial charge in [-0.2, -0.15) is 0 Å². The normalized spacial score (nSPS) is 27.3. The molecule has 1 heterocycles. The van der Waals surface area contributed by atoms with Gasteiger partial charge in [-0.05, 0) is 5.56 Å². The van der Waals surface area contributed by atoms with E-state index in [1.807, 2.05) is 0 Å². The zero-order valence-electron chi connectivity index (χ0n) is 8.50. The third kappa shape index (κ3) is 1.34. The molecule has 0 saturated carbocycles. The maximum atomic E-state index is 5.71. The highest BCUT2D eigenvalue weighted by Gasteiger charge is 2.56. The summed E-state index contributed by atoms with van der Waals surface area (Å²) in [7, 11) is -1.24. The van der Waals surface area contributed by atoms with Gasteiger partial charge in [-0.1, -0.05) is 50.0 Å². The van der Waals surface area contributed by atoms with Crippen LogP contribution in [0.5, 0.6) is 0 Å². The highest BCUT2D eigenvalue weighted by Crippen LogP contribution is 2.46. The van der Waals surface area contributed by atoms with Crippen molar-refractivity contribution in [3.05, 3.63) is 35.9 Å². The lowest BCUT2D eigenvalue weighted by molar-refractivity contribution is 0.375. The Labute approximate surface area is 80.7 Å². The summed E-state index contributed by atoms with van der Waals surface area (Å²) in [4.78, 5) is 0. The first-order chi connectivity index (χ1) is 6.06. The maximum Gasteiger partial charge on any atom is 0.105 e. The summed E-state index contributed by atoms with van der Waals surface area (Å²) < 4.78 is 5.71. The van der Waals surface area contributed by atoms with Crippen LogP contribution >= 0.6 is 0 Å². The van der Waals surface area contributed by atoms with E-state index < -0.39 is 8.07 Å². The molecule has 0 bridgehead atoms. The number of epoxide rings is 1. The minimum absolute atomic E-state index is 0.119. The topological polar surface area (TPSA) is 12.5 Å². The Kier molecular flexibility index (Phi) is 1.86. The Morgan fingerprint density at radius 3 is 2.08 bits per heavy atom. The minimum Gasteiger partial charge on any atom is -0.369 e. The Morgan fingerprint density at radius 2 is 1.69 bits per heavy atom. The third-order valence-corrected chi connectivity index (χ3v) is 5.89. The van der Waals surface area contributed by atoms with E-state index in [1.54, 1.807) is 0 Å². The van der Waals surface area contributed by atoms with E-state index in [4.69, 9.17) is 4.74 Å². The number of hydrogen-bond acceptors (Lipinski definition) is 1. The van der Waals surface area contributed by atoms with E-state index in [-0.39, 0.29) is 5.22 Å². The maximum absolute atomic E-state index is 5.71. The van der Waals surface area contributed by atoms with E-state index >= 15 is 0 Å². The molecule has 13 heavy (non-hydrogen) atoms. The quantitative estimate of drug-likeness (QED) is 0.518. The average molecular weight is 192 g/mol. The zero-order valence-corrected chi connectivity index (χ0v) is 9.50. The van der Waals surface area contributed by atoms with E-state index in [0.29, 0.717) is 0 Å². The van der Waals surface area contributed by atoms with Crippen molar-refractivity contribution in [1.82, 2.24) is 0 Å². The second kappa shape index (κ2) is 2.69. The third-order valence-electron chi connectivity index (χ3n) is 2.88. The van der Waals surface area contributed by atoms with Crippen LogP contribution in [0.2, 0.25) is 19.6 Å². The fourth-order valence-corrected chi connectivity index (χ4v) is 3.78. The molecule has 1 saturated heterocycles. The lowest BCUT2D eigenvalue weighted by Crippen LogP contribution is -2.39. The molecule has 2 heteroatoms. The summed E-state index contributed by atoms with van der Waals surface area (Å²) in [6.45, 7) is 8.03. The summed E-state index contributed by atoms with van der Waals surface area (Å²) in [6, 6.07) is 10.6. The highest BCUT2D eigenvalue weighted by molar-refractivity contribution is 6.79. The van der Waals surface area contributed by atoms with Gasteiger partial charge in [-0.25, -0.2) is 0 Å². The van der Waals surface area contributed by atoms with Gasteiger partial charge in [0.15, 0.2) is 0 Å². The number of rotatable bonds is 2. The molecular formula is C11H16OSi. The van der Waals surface area contributed by atoms with Gasteiger partial charge in [-0.15, -0.1) is 0 Å². The molecule has 1 aromatic rings.